The molecule has 0 spiro atoms. The fourth-order valence-corrected chi connectivity index (χ4v) is 3.11. The smallest absolute Gasteiger partial charge is 0.348 e. The lowest BCUT2D eigenvalue weighted by molar-refractivity contribution is 0.0606. The SMILES string of the molecule is COC(=O)c1cc2c(C)nn(-c3ccc(F)cc3)c2s1. The van der Waals surface area contributed by atoms with Crippen LogP contribution in [-0.2, 0) is 4.74 Å². The number of nitrogens with zero attached hydrogens (tertiary/aromatic N) is 2. The van der Waals surface area contributed by atoms with E-state index >= 15 is 0 Å². The molecule has 1 aromatic carbocycles. The number of methoxy groups -OCH3 is 1. The van der Waals surface area contributed by atoms with E-state index in [2.05, 4.69) is 5.10 Å². The Labute approximate surface area is 118 Å². The van der Waals surface area contributed by atoms with Gasteiger partial charge in [0.2, 0.25) is 0 Å². The van der Waals surface area contributed by atoms with Gasteiger partial charge in [0.1, 0.15) is 15.5 Å². The van der Waals surface area contributed by atoms with Crippen molar-refractivity contribution in [2.24, 2.45) is 0 Å². The summed E-state index contributed by atoms with van der Waals surface area (Å²) in [5, 5.41) is 5.33. The number of benzene rings is 1. The van der Waals surface area contributed by atoms with Gasteiger partial charge in [-0.3, -0.25) is 0 Å². The minimum Gasteiger partial charge on any atom is -0.465 e. The van der Waals surface area contributed by atoms with E-state index in [-0.39, 0.29) is 11.8 Å². The summed E-state index contributed by atoms with van der Waals surface area (Å²) >= 11 is 1.31. The molecule has 0 aliphatic heterocycles. The Bertz CT molecular complexity index is 789. The molecule has 0 aliphatic rings. The van der Waals surface area contributed by atoms with Gasteiger partial charge >= 0.3 is 5.97 Å². The highest BCUT2D eigenvalue weighted by Gasteiger charge is 2.17. The summed E-state index contributed by atoms with van der Waals surface area (Å²) in [6, 6.07) is 7.84. The summed E-state index contributed by atoms with van der Waals surface area (Å²) in [6.45, 7) is 1.87. The molecule has 20 heavy (non-hydrogen) atoms. The fourth-order valence-electron chi connectivity index (χ4n) is 2.01. The van der Waals surface area contributed by atoms with Crippen molar-refractivity contribution in [1.82, 2.24) is 9.78 Å². The number of aryl methyl sites for hydroxylation is 1. The van der Waals surface area contributed by atoms with Crippen LogP contribution in [-0.4, -0.2) is 22.9 Å². The van der Waals surface area contributed by atoms with Crippen LogP contribution in [0.2, 0.25) is 0 Å². The van der Waals surface area contributed by atoms with E-state index in [9.17, 15) is 9.18 Å². The van der Waals surface area contributed by atoms with Gasteiger partial charge in [-0.2, -0.15) is 5.10 Å². The van der Waals surface area contributed by atoms with Gasteiger partial charge in [-0.1, -0.05) is 0 Å². The highest BCUT2D eigenvalue weighted by molar-refractivity contribution is 7.20. The number of thiophene rings is 1. The van der Waals surface area contributed by atoms with Crippen LogP contribution in [0.3, 0.4) is 0 Å². The molecule has 3 aromatic rings. The summed E-state index contributed by atoms with van der Waals surface area (Å²) in [6.07, 6.45) is 0. The van der Waals surface area contributed by atoms with Crippen LogP contribution in [0.4, 0.5) is 4.39 Å². The molecule has 2 heterocycles. The van der Waals surface area contributed by atoms with E-state index in [1.54, 1.807) is 22.9 Å². The Morgan fingerprint density at radius 1 is 1.35 bits per heavy atom. The molecule has 0 atom stereocenters. The fraction of sp³-hybridized carbons (Fsp3) is 0.143. The molecule has 0 saturated heterocycles. The topological polar surface area (TPSA) is 44.1 Å². The number of hydrogen-bond donors (Lipinski definition) is 0. The van der Waals surface area contributed by atoms with Crippen molar-refractivity contribution in [1.29, 1.82) is 0 Å². The first-order chi connectivity index (χ1) is 9.60. The molecular weight excluding hydrogens is 279 g/mol. The molecule has 0 amide bonds. The van der Waals surface area contributed by atoms with Gasteiger partial charge in [0.15, 0.2) is 0 Å². The Hall–Kier alpha value is -2.21. The zero-order valence-corrected chi connectivity index (χ0v) is 11.7. The van der Waals surface area contributed by atoms with E-state index < -0.39 is 0 Å². The molecule has 0 fully saturated rings. The number of hydrogen-bond acceptors (Lipinski definition) is 4. The molecule has 0 radical (unpaired) electrons. The number of esters is 1. The lowest BCUT2D eigenvalue weighted by Gasteiger charge is -2.01. The Balaban J connectivity index is 2.18. The monoisotopic (exact) mass is 290 g/mol. The molecule has 6 heteroatoms. The molecule has 0 aliphatic carbocycles. The van der Waals surface area contributed by atoms with Gasteiger partial charge < -0.3 is 4.74 Å². The van der Waals surface area contributed by atoms with Crippen molar-refractivity contribution in [2.75, 3.05) is 7.11 Å². The van der Waals surface area contributed by atoms with Crippen LogP contribution < -0.4 is 0 Å². The first-order valence-corrected chi connectivity index (χ1v) is 6.75. The summed E-state index contributed by atoms with van der Waals surface area (Å²) in [7, 11) is 1.35. The molecule has 102 valence electrons. The highest BCUT2D eigenvalue weighted by atomic mass is 32.1. The zero-order valence-electron chi connectivity index (χ0n) is 10.9. The number of ether oxygens (including phenoxy) is 1. The molecule has 0 bridgehead atoms. The lowest BCUT2D eigenvalue weighted by atomic mass is 10.3. The van der Waals surface area contributed by atoms with Gasteiger partial charge in [-0.15, -0.1) is 11.3 Å². The third-order valence-electron chi connectivity index (χ3n) is 3.00. The molecule has 0 N–H and O–H groups in total. The predicted molar refractivity (Wildman–Crippen MR) is 75.0 cm³/mol. The third kappa shape index (κ3) is 1.98. The van der Waals surface area contributed by atoms with Crippen LogP contribution >= 0.6 is 11.3 Å². The molecule has 2 aromatic heterocycles. The predicted octanol–water partition coefficient (Wildman–Crippen LogP) is 3.32. The standard InChI is InChI=1S/C14H11FN2O2S/c1-8-11-7-12(14(18)19-2)20-13(11)17(16-8)10-5-3-9(15)4-6-10/h3-7H,1-2H3. The van der Waals surface area contributed by atoms with Crippen molar-refractivity contribution in [3.63, 3.8) is 0 Å². The third-order valence-corrected chi connectivity index (χ3v) is 4.09. The highest BCUT2D eigenvalue weighted by Crippen LogP contribution is 2.30. The molecule has 4 nitrogen and oxygen atoms in total. The molecule has 0 unspecified atom stereocenters. The number of rotatable bonds is 2. The summed E-state index contributed by atoms with van der Waals surface area (Å²) in [5.41, 5.74) is 1.57. The average Bonchev–Trinajstić information content (AvgIpc) is 3.00. The first-order valence-electron chi connectivity index (χ1n) is 5.93. The Morgan fingerprint density at radius 3 is 2.70 bits per heavy atom. The largest absolute Gasteiger partial charge is 0.465 e. The number of carbonyl (C=O) groups is 1. The molecule has 0 saturated carbocycles. The number of halogens is 1. The minimum absolute atomic E-state index is 0.296. The second kappa shape index (κ2) is 4.72. The van der Waals surface area contributed by atoms with Gasteiger partial charge in [-0.25, -0.2) is 13.9 Å². The van der Waals surface area contributed by atoms with Gasteiger partial charge in [-0.05, 0) is 37.3 Å². The summed E-state index contributed by atoms with van der Waals surface area (Å²) < 4.78 is 19.4. The minimum atomic E-state index is -0.365. The maximum Gasteiger partial charge on any atom is 0.348 e. The number of carbonyl (C=O) groups excluding carboxylic acids is 1. The van der Waals surface area contributed by atoms with E-state index in [0.717, 1.165) is 21.6 Å². The summed E-state index contributed by atoms with van der Waals surface area (Å²) in [5.74, 6) is -0.661. The van der Waals surface area contributed by atoms with Crippen molar-refractivity contribution in [3.8, 4) is 5.69 Å². The maximum absolute atomic E-state index is 13.0. The number of aromatic nitrogens is 2. The average molecular weight is 290 g/mol. The van der Waals surface area contributed by atoms with Crippen molar-refractivity contribution < 1.29 is 13.9 Å². The number of fused-ring (bicyclic) bond motifs is 1. The Kier molecular flexibility index (Phi) is 3.02. The maximum atomic E-state index is 13.0. The first kappa shape index (κ1) is 12.8. The van der Waals surface area contributed by atoms with E-state index in [1.165, 1.54) is 30.6 Å². The Morgan fingerprint density at radius 2 is 2.05 bits per heavy atom. The van der Waals surface area contributed by atoms with E-state index in [4.69, 9.17) is 4.74 Å². The van der Waals surface area contributed by atoms with Crippen LogP contribution in [0.1, 0.15) is 15.4 Å². The quantitative estimate of drug-likeness (QED) is 0.680. The normalized spacial score (nSPS) is 10.9. The van der Waals surface area contributed by atoms with Crippen LogP contribution in [0.5, 0.6) is 0 Å². The second-order valence-corrected chi connectivity index (χ2v) is 5.33. The lowest BCUT2D eigenvalue weighted by Crippen LogP contribution is -1.98. The molecule has 3 rings (SSSR count). The van der Waals surface area contributed by atoms with Gasteiger partial charge in [0.25, 0.3) is 0 Å². The molecular formula is C14H11FN2O2S. The van der Waals surface area contributed by atoms with Gasteiger partial charge in [0.05, 0.1) is 18.5 Å². The summed E-state index contributed by atoms with van der Waals surface area (Å²) in [4.78, 5) is 13.0. The van der Waals surface area contributed by atoms with Gasteiger partial charge in [0, 0.05) is 5.39 Å². The van der Waals surface area contributed by atoms with Crippen molar-refractivity contribution in [3.05, 3.63) is 46.7 Å². The second-order valence-electron chi connectivity index (χ2n) is 4.29. The van der Waals surface area contributed by atoms with Crippen LogP contribution in [0.25, 0.3) is 15.9 Å². The van der Waals surface area contributed by atoms with E-state index in [0.29, 0.717) is 4.88 Å². The van der Waals surface area contributed by atoms with E-state index in [1.807, 2.05) is 6.92 Å². The van der Waals surface area contributed by atoms with Crippen molar-refractivity contribution in [2.45, 2.75) is 6.92 Å². The van der Waals surface area contributed by atoms with Crippen molar-refractivity contribution >= 4 is 27.5 Å². The van der Waals surface area contributed by atoms with Crippen LogP contribution in [0, 0.1) is 12.7 Å². The zero-order chi connectivity index (χ0) is 14.3. The van der Waals surface area contributed by atoms with Crippen LogP contribution in [0.15, 0.2) is 30.3 Å².